The topological polar surface area (TPSA) is 43.4 Å². The first kappa shape index (κ1) is 12.1. The Balaban J connectivity index is 1.93. The summed E-state index contributed by atoms with van der Waals surface area (Å²) in [5.74, 6) is 0.0890. The predicted molar refractivity (Wildman–Crippen MR) is 61.9 cm³/mol. The van der Waals surface area contributed by atoms with Crippen LogP contribution in [0.2, 0.25) is 0 Å². The zero-order chi connectivity index (χ0) is 12.1. The summed E-state index contributed by atoms with van der Waals surface area (Å²) in [4.78, 5) is 3.61. The Kier molecular flexibility index (Phi) is 4.14. The van der Waals surface area contributed by atoms with Gasteiger partial charge in [0.2, 0.25) is 0 Å². The Morgan fingerprint density at radius 3 is 3.12 bits per heavy atom. The molecule has 1 aromatic heterocycles. The third-order valence-corrected chi connectivity index (χ3v) is 2.70. The monoisotopic (exact) mass is 240 g/mol. The van der Waals surface area contributed by atoms with Crippen molar-refractivity contribution < 1.29 is 13.9 Å². The average molecular weight is 240 g/mol. The number of pyridine rings is 1. The van der Waals surface area contributed by atoms with E-state index in [-0.39, 0.29) is 5.75 Å². The molecule has 0 unspecified atom stereocenters. The summed E-state index contributed by atoms with van der Waals surface area (Å²) < 4.78 is 23.9. The second-order valence-electron chi connectivity index (χ2n) is 4.00. The molecular weight excluding hydrogens is 223 g/mol. The zero-order valence-electron chi connectivity index (χ0n) is 9.91. The van der Waals surface area contributed by atoms with E-state index in [2.05, 4.69) is 10.3 Å². The molecule has 2 rings (SSSR count). The van der Waals surface area contributed by atoms with Crippen molar-refractivity contribution in [3.05, 3.63) is 18.2 Å². The maximum Gasteiger partial charge on any atom is 0.255 e. The molecule has 0 amide bonds. The van der Waals surface area contributed by atoms with Crippen molar-refractivity contribution in [1.82, 2.24) is 10.3 Å². The van der Waals surface area contributed by atoms with E-state index in [1.807, 2.05) is 0 Å². The van der Waals surface area contributed by atoms with Gasteiger partial charge in [-0.25, -0.2) is 4.98 Å². The third-order valence-electron chi connectivity index (χ3n) is 2.70. The fourth-order valence-electron chi connectivity index (χ4n) is 1.84. The standard InChI is InChI=1S/C12H17FN2O2/c1-2-16-11-6-10(7-15-12(11)13)17-8-9-4-3-5-14-9/h6-7,9,14H,2-5,8H2,1H3/t9-/m1/s1. The summed E-state index contributed by atoms with van der Waals surface area (Å²) in [5.41, 5.74) is 0. The van der Waals surface area contributed by atoms with Gasteiger partial charge in [0.05, 0.1) is 12.8 Å². The van der Waals surface area contributed by atoms with Crippen LogP contribution in [0.1, 0.15) is 19.8 Å². The number of hydrogen-bond acceptors (Lipinski definition) is 4. The zero-order valence-corrected chi connectivity index (χ0v) is 9.91. The number of hydrogen-bond donors (Lipinski definition) is 1. The molecule has 5 heteroatoms. The third kappa shape index (κ3) is 3.30. The smallest absolute Gasteiger partial charge is 0.255 e. The normalized spacial score (nSPS) is 19.3. The second-order valence-corrected chi connectivity index (χ2v) is 4.00. The molecule has 0 spiro atoms. The van der Waals surface area contributed by atoms with Gasteiger partial charge in [0.15, 0.2) is 5.75 Å². The van der Waals surface area contributed by atoms with Gasteiger partial charge in [-0.3, -0.25) is 0 Å². The molecule has 1 aliphatic rings. The SMILES string of the molecule is CCOc1cc(OC[C@H]2CCCN2)cnc1F. The lowest BCUT2D eigenvalue weighted by molar-refractivity contribution is 0.269. The van der Waals surface area contributed by atoms with Crippen LogP contribution < -0.4 is 14.8 Å². The van der Waals surface area contributed by atoms with Gasteiger partial charge in [0, 0.05) is 12.1 Å². The Bertz CT molecular complexity index is 368. The highest BCUT2D eigenvalue weighted by molar-refractivity contribution is 5.29. The van der Waals surface area contributed by atoms with Crippen LogP contribution in [0, 0.1) is 5.95 Å². The first-order chi connectivity index (χ1) is 8.29. The first-order valence-electron chi connectivity index (χ1n) is 5.94. The van der Waals surface area contributed by atoms with E-state index in [0.717, 1.165) is 13.0 Å². The number of nitrogens with zero attached hydrogens (tertiary/aromatic N) is 1. The van der Waals surface area contributed by atoms with Crippen LogP contribution in [0.5, 0.6) is 11.5 Å². The fraction of sp³-hybridized carbons (Fsp3) is 0.583. The molecule has 0 aromatic carbocycles. The Morgan fingerprint density at radius 1 is 1.53 bits per heavy atom. The maximum atomic E-state index is 13.2. The van der Waals surface area contributed by atoms with Crippen LogP contribution in [-0.2, 0) is 0 Å². The summed E-state index contributed by atoms with van der Waals surface area (Å²) in [7, 11) is 0. The minimum atomic E-state index is -0.599. The summed E-state index contributed by atoms with van der Waals surface area (Å²) >= 11 is 0. The molecule has 0 saturated carbocycles. The van der Waals surface area contributed by atoms with E-state index in [0.29, 0.717) is 25.0 Å². The van der Waals surface area contributed by atoms with Gasteiger partial charge < -0.3 is 14.8 Å². The summed E-state index contributed by atoms with van der Waals surface area (Å²) in [6, 6.07) is 1.93. The molecular formula is C12H17FN2O2. The number of rotatable bonds is 5. The van der Waals surface area contributed by atoms with Crippen LogP contribution in [0.15, 0.2) is 12.3 Å². The lowest BCUT2D eigenvalue weighted by Gasteiger charge is -2.12. The summed E-state index contributed by atoms with van der Waals surface area (Å²) in [6.45, 7) is 3.83. The van der Waals surface area contributed by atoms with Crippen molar-refractivity contribution in [3.63, 3.8) is 0 Å². The van der Waals surface area contributed by atoms with Crippen molar-refractivity contribution in [2.24, 2.45) is 0 Å². The highest BCUT2D eigenvalue weighted by atomic mass is 19.1. The Morgan fingerprint density at radius 2 is 2.41 bits per heavy atom. The molecule has 1 N–H and O–H groups in total. The molecule has 2 heterocycles. The Labute approximate surface area is 100 Å². The quantitative estimate of drug-likeness (QED) is 0.796. The Hall–Kier alpha value is -1.36. The molecule has 1 aromatic rings. The van der Waals surface area contributed by atoms with E-state index >= 15 is 0 Å². The first-order valence-corrected chi connectivity index (χ1v) is 5.94. The number of nitrogens with one attached hydrogen (secondary N) is 1. The van der Waals surface area contributed by atoms with Gasteiger partial charge in [0.1, 0.15) is 12.4 Å². The van der Waals surface area contributed by atoms with Crippen LogP contribution in [0.3, 0.4) is 0 Å². The summed E-state index contributed by atoms with van der Waals surface area (Å²) in [6.07, 6.45) is 3.68. The van der Waals surface area contributed by atoms with Gasteiger partial charge in [-0.2, -0.15) is 4.39 Å². The fourth-order valence-corrected chi connectivity index (χ4v) is 1.84. The average Bonchev–Trinajstić information content (AvgIpc) is 2.83. The number of halogens is 1. The van der Waals surface area contributed by atoms with E-state index in [4.69, 9.17) is 9.47 Å². The summed E-state index contributed by atoms with van der Waals surface area (Å²) in [5, 5.41) is 3.33. The van der Waals surface area contributed by atoms with E-state index in [1.54, 1.807) is 13.0 Å². The van der Waals surface area contributed by atoms with E-state index < -0.39 is 5.95 Å². The van der Waals surface area contributed by atoms with Gasteiger partial charge in [-0.05, 0) is 26.3 Å². The maximum absolute atomic E-state index is 13.2. The van der Waals surface area contributed by atoms with Crippen LogP contribution >= 0.6 is 0 Å². The van der Waals surface area contributed by atoms with Crippen molar-refractivity contribution in [3.8, 4) is 11.5 Å². The molecule has 0 aliphatic carbocycles. The highest BCUT2D eigenvalue weighted by Gasteiger charge is 2.15. The van der Waals surface area contributed by atoms with Gasteiger partial charge in [-0.1, -0.05) is 0 Å². The van der Waals surface area contributed by atoms with E-state index in [9.17, 15) is 4.39 Å². The molecule has 0 radical (unpaired) electrons. The van der Waals surface area contributed by atoms with Crippen LogP contribution in [0.25, 0.3) is 0 Å². The van der Waals surface area contributed by atoms with Crippen LogP contribution in [-0.4, -0.2) is 30.8 Å². The lowest BCUT2D eigenvalue weighted by Crippen LogP contribution is -2.28. The molecule has 4 nitrogen and oxygen atoms in total. The minimum Gasteiger partial charge on any atom is -0.490 e. The van der Waals surface area contributed by atoms with Crippen molar-refractivity contribution in [2.45, 2.75) is 25.8 Å². The molecule has 1 aliphatic heterocycles. The van der Waals surface area contributed by atoms with E-state index in [1.165, 1.54) is 12.6 Å². The minimum absolute atomic E-state index is 0.143. The van der Waals surface area contributed by atoms with Crippen LogP contribution in [0.4, 0.5) is 4.39 Å². The number of aromatic nitrogens is 1. The van der Waals surface area contributed by atoms with Gasteiger partial charge >= 0.3 is 0 Å². The predicted octanol–water partition coefficient (Wildman–Crippen LogP) is 1.75. The molecule has 1 atom stereocenters. The van der Waals surface area contributed by atoms with Crippen molar-refractivity contribution >= 4 is 0 Å². The molecule has 1 saturated heterocycles. The molecule has 94 valence electrons. The molecule has 0 bridgehead atoms. The lowest BCUT2D eigenvalue weighted by atomic mass is 10.2. The highest BCUT2D eigenvalue weighted by Crippen LogP contribution is 2.21. The second kappa shape index (κ2) is 5.82. The van der Waals surface area contributed by atoms with Gasteiger partial charge in [-0.15, -0.1) is 0 Å². The van der Waals surface area contributed by atoms with Gasteiger partial charge in [0.25, 0.3) is 5.95 Å². The largest absolute Gasteiger partial charge is 0.490 e. The number of ether oxygens (including phenoxy) is 2. The molecule has 1 fully saturated rings. The molecule has 17 heavy (non-hydrogen) atoms. The van der Waals surface area contributed by atoms with Crippen molar-refractivity contribution in [1.29, 1.82) is 0 Å². The van der Waals surface area contributed by atoms with Crippen molar-refractivity contribution in [2.75, 3.05) is 19.8 Å².